The van der Waals surface area contributed by atoms with E-state index < -0.39 is 16.3 Å². The molecule has 1 aromatic heterocycles. The number of aromatic carboxylic acids is 1. The number of non-ortho nitro benzene ring substituents is 1. The molecule has 3 rings (SSSR count). The van der Waals surface area contributed by atoms with Crippen molar-refractivity contribution in [1.29, 1.82) is 0 Å². The molecule has 3 aromatic rings. The smallest absolute Gasteiger partial charge is 0.336 e. The third-order valence-electron chi connectivity index (χ3n) is 3.34. The minimum Gasteiger partial charge on any atom is -0.478 e. The van der Waals surface area contributed by atoms with Crippen LogP contribution >= 0.6 is 0 Å². The van der Waals surface area contributed by atoms with Crippen LogP contribution in [0.2, 0.25) is 0 Å². The second kappa shape index (κ2) is 5.38. The van der Waals surface area contributed by atoms with Crippen molar-refractivity contribution < 1.29 is 19.2 Å². The van der Waals surface area contributed by atoms with Crippen molar-refractivity contribution in [2.24, 2.45) is 0 Å². The molecule has 0 fully saturated rings. The summed E-state index contributed by atoms with van der Waals surface area (Å²) in [5.74, 6) is -1.05. The molecule has 0 radical (unpaired) electrons. The van der Waals surface area contributed by atoms with Gasteiger partial charge in [-0.05, 0) is 12.1 Å². The van der Waals surface area contributed by atoms with Crippen molar-refractivity contribution in [2.75, 3.05) is 0 Å². The highest BCUT2D eigenvalue weighted by Crippen LogP contribution is 2.27. The average Bonchev–Trinajstić information content (AvgIpc) is 2.54. The zero-order chi connectivity index (χ0) is 16.6. The molecule has 0 atom stereocenters. The fraction of sp³-hybridized carbons (Fsp3) is 0. The number of rotatable bonds is 3. The number of benzene rings is 2. The van der Waals surface area contributed by atoms with E-state index in [1.54, 1.807) is 12.1 Å². The first-order valence-electron chi connectivity index (χ1n) is 6.52. The van der Waals surface area contributed by atoms with Crippen LogP contribution in [0.15, 0.2) is 57.7 Å². The highest BCUT2D eigenvalue weighted by atomic mass is 16.6. The first-order valence-corrected chi connectivity index (χ1v) is 6.52. The van der Waals surface area contributed by atoms with Gasteiger partial charge in [0.1, 0.15) is 11.3 Å². The molecule has 7 heteroatoms. The van der Waals surface area contributed by atoms with Crippen LogP contribution in [0.25, 0.3) is 22.3 Å². The first-order chi connectivity index (χ1) is 11.0. The van der Waals surface area contributed by atoms with Gasteiger partial charge in [-0.2, -0.15) is 0 Å². The van der Waals surface area contributed by atoms with E-state index in [9.17, 15) is 24.8 Å². The summed E-state index contributed by atoms with van der Waals surface area (Å²) in [5, 5.41) is 20.0. The van der Waals surface area contributed by atoms with Crippen molar-refractivity contribution in [3.63, 3.8) is 0 Å². The third kappa shape index (κ3) is 2.55. The van der Waals surface area contributed by atoms with Gasteiger partial charge in [-0.15, -0.1) is 0 Å². The number of nitro groups is 1. The van der Waals surface area contributed by atoms with Crippen LogP contribution in [-0.4, -0.2) is 16.0 Å². The van der Waals surface area contributed by atoms with Gasteiger partial charge in [0.15, 0.2) is 5.43 Å². The maximum atomic E-state index is 12.2. The van der Waals surface area contributed by atoms with Crippen LogP contribution in [0.1, 0.15) is 10.4 Å². The lowest BCUT2D eigenvalue weighted by Crippen LogP contribution is -2.04. The maximum absolute atomic E-state index is 12.2. The van der Waals surface area contributed by atoms with Gasteiger partial charge < -0.3 is 9.52 Å². The molecule has 0 aliphatic rings. The highest BCUT2D eigenvalue weighted by molar-refractivity contribution is 5.95. The molecule has 1 N–H and O–H groups in total. The Hall–Kier alpha value is -3.48. The Morgan fingerprint density at radius 1 is 1.13 bits per heavy atom. The fourth-order valence-corrected chi connectivity index (χ4v) is 2.28. The van der Waals surface area contributed by atoms with Gasteiger partial charge in [-0.25, -0.2) is 4.79 Å². The Morgan fingerprint density at radius 3 is 2.57 bits per heavy atom. The van der Waals surface area contributed by atoms with Crippen LogP contribution in [-0.2, 0) is 0 Å². The Kier molecular flexibility index (Phi) is 3.38. The van der Waals surface area contributed by atoms with E-state index >= 15 is 0 Å². The van der Waals surface area contributed by atoms with Crippen LogP contribution in [0.5, 0.6) is 0 Å². The second-order valence-electron chi connectivity index (χ2n) is 4.76. The SMILES string of the molecule is O=C(O)c1ccccc1-c1cc(=O)c2cc([N+](=O)[O-])ccc2o1. The Morgan fingerprint density at radius 2 is 1.87 bits per heavy atom. The van der Waals surface area contributed by atoms with Crippen molar-refractivity contribution in [3.05, 3.63) is 74.4 Å². The molecule has 0 aliphatic heterocycles. The lowest BCUT2D eigenvalue weighted by Gasteiger charge is -2.06. The first kappa shape index (κ1) is 14.5. The number of nitrogens with zero attached hydrogens (tertiary/aromatic N) is 1. The molecular weight excluding hydrogens is 302 g/mol. The van der Waals surface area contributed by atoms with Gasteiger partial charge in [0.05, 0.1) is 15.9 Å². The van der Waals surface area contributed by atoms with Crippen molar-refractivity contribution >= 4 is 22.6 Å². The third-order valence-corrected chi connectivity index (χ3v) is 3.34. The van der Waals surface area contributed by atoms with Crippen molar-refractivity contribution in [3.8, 4) is 11.3 Å². The molecule has 0 saturated heterocycles. The molecule has 0 unspecified atom stereocenters. The van der Waals surface area contributed by atoms with Crippen LogP contribution in [0.3, 0.4) is 0 Å². The molecular formula is C16H9NO6. The van der Waals surface area contributed by atoms with E-state index in [-0.39, 0.29) is 33.5 Å². The summed E-state index contributed by atoms with van der Waals surface area (Å²) in [6.07, 6.45) is 0. The molecule has 114 valence electrons. The lowest BCUT2D eigenvalue weighted by molar-refractivity contribution is -0.384. The number of carbonyl (C=O) groups is 1. The monoisotopic (exact) mass is 311 g/mol. The van der Waals surface area contributed by atoms with Crippen LogP contribution in [0.4, 0.5) is 5.69 Å². The molecule has 7 nitrogen and oxygen atoms in total. The molecule has 23 heavy (non-hydrogen) atoms. The average molecular weight is 311 g/mol. The largest absolute Gasteiger partial charge is 0.478 e. The molecule has 0 saturated carbocycles. The molecule has 1 heterocycles. The van der Waals surface area contributed by atoms with E-state index in [2.05, 4.69) is 0 Å². The Balaban J connectivity index is 2.26. The summed E-state index contributed by atoms with van der Waals surface area (Å²) < 4.78 is 5.57. The number of nitro benzene ring substituents is 1. The zero-order valence-corrected chi connectivity index (χ0v) is 11.6. The van der Waals surface area contributed by atoms with E-state index in [0.717, 1.165) is 12.1 Å². The van der Waals surface area contributed by atoms with Crippen LogP contribution < -0.4 is 5.43 Å². The normalized spacial score (nSPS) is 10.6. The summed E-state index contributed by atoms with van der Waals surface area (Å²) in [6, 6.07) is 10.9. The minimum absolute atomic E-state index is 0.00286. The molecule has 0 bridgehead atoms. The number of fused-ring (bicyclic) bond motifs is 1. The number of carboxylic acids is 1. The second-order valence-corrected chi connectivity index (χ2v) is 4.76. The Labute approximate surface area is 128 Å². The molecule has 0 aliphatic carbocycles. The summed E-state index contributed by atoms with van der Waals surface area (Å²) >= 11 is 0. The molecule has 2 aromatic carbocycles. The lowest BCUT2D eigenvalue weighted by atomic mass is 10.0. The van der Waals surface area contributed by atoms with E-state index in [4.69, 9.17) is 4.42 Å². The van der Waals surface area contributed by atoms with Gasteiger partial charge in [0.25, 0.3) is 5.69 Å². The van der Waals surface area contributed by atoms with Crippen LogP contribution in [0, 0.1) is 10.1 Å². The fourth-order valence-electron chi connectivity index (χ4n) is 2.28. The summed E-state index contributed by atoms with van der Waals surface area (Å²) in [5.41, 5.74) is -0.291. The van der Waals surface area contributed by atoms with Gasteiger partial charge in [0, 0.05) is 23.8 Å². The van der Waals surface area contributed by atoms with Gasteiger partial charge in [-0.1, -0.05) is 18.2 Å². The maximum Gasteiger partial charge on any atom is 0.336 e. The summed E-state index contributed by atoms with van der Waals surface area (Å²) in [4.78, 5) is 33.6. The molecule has 0 spiro atoms. The van der Waals surface area contributed by atoms with Gasteiger partial charge in [-0.3, -0.25) is 14.9 Å². The zero-order valence-electron chi connectivity index (χ0n) is 11.6. The van der Waals surface area contributed by atoms with Gasteiger partial charge in [0.2, 0.25) is 0 Å². The van der Waals surface area contributed by atoms with Gasteiger partial charge >= 0.3 is 5.97 Å². The number of hydrogen-bond donors (Lipinski definition) is 1. The molecule has 0 amide bonds. The van der Waals surface area contributed by atoms with Crippen molar-refractivity contribution in [1.82, 2.24) is 0 Å². The van der Waals surface area contributed by atoms with E-state index in [0.29, 0.717) is 0 Å². The summed E-state index contributed by atoms with van der Waals surface area (Å²) in [7, 11) is 0. The number of hydrogen-bond acceptors (Lipinski definition) is 5. The predicted octanol–water partition coefficient (Wildman–Crippen LogP) is 3.07. The van der Waals surface area contributed by atoms with Crippen molar-refractivity contribution in [2.45, 2.75) is 0 Å². The summed E-state index contributed by atoms with van der Waals surface area (Å²) in [6.45, 7) is 0. The van der Waals surface area contributed by atoms with E-state index in [1.165, 1.54) is 24.3 Å². The topological polar surface area (TPSA) is 111 Å². The standard InChI is InChI=1S/C16H9NO6/c18-13-8-15(10-3-1-2-4-11(10)16(19)20)23-14-6-5-9(17(21)22)7-12(13)14/h1-8H,(H,19,20). The minimum atomic E-state index is -1.15. The highest BCUT2D eigenvalue weighted by Gasteiger charge is 2.16. The quantitative estimate of drug-likeness (QED) is 0.588. The predicted molar refractivity (Wildman–Crippen MR) is 81.5 cm³/mol. The van der Waals surface area contributed by atoms with E-state index in [1.807, 2.05) is 0 Å². The Bertz CT molecular complexity index is 1000. The number of carboxylic acid groups (broad SMARTS) is 1.